The largest absolute Gasteiger partial charge is 0.383 e. The van der Waals surface area contributed by atoms with E-state index in [1.807, 2.05) is 13.0 Å². The van der Waals surface area contributed by atoms with E-state index in [1.54, 1.807) is 6.07 Å². The maximum atomic E-state index is 13.3. The number of halogens is 3. The Labute approximate surface area is 116 Å². The second kappa shape index (κ2) is 5.06. The summed E-state index contributed by atoms with van der Waals surface area (Å²) in [5.41, 5.74) is 0.501. The summed E-state index contributed by atoms with van der Waals surface area (Å²) < 4.78 is 14.2. The summed E-state index contributed by atoms with van der Waals surface area (Å²) in [5, 5.41) is 10.2. The van der Waals surface area contributed by atoms with E-state index in [1.165, 1.54) is 23.5 Å². The van der Waals surface area contributed by atoms with Crippen LogP contribution < -0.4 is 0 Å². The lowest BCUT2D eigenvalue weighted by Crippen LogP contribution is -1.97. The molecule has 0 amide bonds. The molecule has 0 aliphatic carbocycles. The van der Waals surface area contributed by atoms with E-state index in [9.17, 15) is 9.50 Å². The lowest BCUT2D eigenvalue weighted by atomic mass is 10.1. The Morgan fingerprint density at radius 1 is 1.41 bits per heavy atom. The van der Waals surface area contributed by atoms with Gasteiger partial charge in [0.05, 0.1) is 5.02 Å². The normalized spacial score (nSPS) is 12.8. The number of aryl methyl sites for hydroxylation is 1. The molecule has 1 aromatic carbocycles. The van der Waals surface area contributed by atoms with E-state index in [-0.39, 0.29) is 5.02 Å². The highest BCUT2D eigenvalue weighted by Gasteiger charge is 2.15. The molecule has 0 bridgehead atoms. The molecule has 0 saturated heterocycles. The maximum absolute atomic E-state index is 13.3. The quantitative estimate of drug-likeness (QED) is 0.844. The monoisotopic (exact) mass is 334 g/mol. The van der Waals surface area contributed by atoms with Crippen LogP contribution in [0.5, 0.6) is 0 Å². The summed E-state index contributed by atoms with van der Waals surface area (Å²) in [7, 11) is 0. The third-order valence-corrected chi connectivity index (χ3v) is 4.90. The summed E-state index contributed by atoms with van der Waals surface area (Å²) in [6.45, 7) is 1.95. The van der Waals surface area contributed by atoms with Crippen LogP contribution in [0, 0.1) is 12.7 Å². The molecule has 90 valence electrons. The van der Waals surface area contributed by atoms with Gasteiger partial charge in [-0.3, -0.25) is 0 Å². The molecular formula is C12H9BrClFOS. The van der Waals surface area contributed by atoms with Gasteiger partial charge >= 0.3 is 0 Å². The molecule has 17 heavy (non-hydrogen) atoms. The van der Waals surface area contributed by atoms with Crippen molar-refractivity contribution in [1.29, 1.82) is 0 Å². The molecule has 0 radical (unpaired) electrons. The van der Waals surface area contributed by atoms with Crippen molar-refractivity contribution >= 4 is 38.9 Å². The van der Waals surface area contributed by atoms with Gasteiger partial charge in [-0.2, -0.15) is 0 Å². The Bertz CT molecular complexity index is 536. The predicted molar refractivity (Wildman–Crippen MR) is 72.2 cm³/mol. The zero-order valence-electron chi connectivity index (χ0n) is 8.88. The van der Waals surface area contributed by atoms with Gasteiger partial charge in [-0.15, -0.1) is 11.3 Å². The van der Waals surface area contributed by atoms with Crippen LogP contribution in [0.2, 0.25) is 5.02 Å². The molecule has 1 atom stereocenters. The van der Waals surface area contributed by atoms with E-state index >= 15 is 0 Å². The molecule has 2 aromatic rings. The maximum Gasteiger partial charge on any atom is 0.142 e. The molecule has 0 saturated carbocycles. The van der Waals surface area contributed by atoms with Crippen molar-refractivity contribution in [2.75, 3.05) is 0 Å². The van der Waals surface area contributed by atoms with Crippen molar-refractivity contribution in [3.63, 3.8) is 0 Å². The van der Waals surface area contributed by atoms with Crippen molar-refractivity contribution in [3.8, 4) is 0 Å². The Morgan fingerprint density at radius 3 is 2.65 bits per heavy atom. The molecule has 5 heteroatoms. The van der Waals surface area contributed by atoms with Crippen LogP contribution in [0.15, 0.2) is 28.7 Å². The van der Waals surface area contributed by atoms with E-state index in [2.05, 4.69) is 15.9 Å². The molecular weight excluding hydrogens is 327 g/mol. The molecule has 0 spiro atoms. The van der Waals surface area contributed by atoms with Crippen LogP contribution in [0.25, 0.3) is 0 Å². The van der Waals surface area contributed by atoms with Crippen LogP contribution in [0.4, 0.5) is 4.39 Å². The van der Waals surface area contributed by atoms with Gasteiger partial charge in [-0.25, -0.2) is 4.39 Å². The Balaban J connectivity index is 2.36. The van der Waals surface area contributed by atoms with Gasteiger partial charge in [-0.1, -0.05) is 17.7 Å². The van der Waals surface area contributed by atoms with Gasteiger partial charge in [0.25, 0.3) is 0 Å². The summed E-state index contributed by atoms with van der Waals surface area (Å²) in [4.78, 5) is 1.85. The topological polar surface area (TPSA) is 20.2 Å². The van der Waals surface area contributed by atoms with E-state index < -0.39 is 11.9 Å². The molecule has 2 rings (SSSR count). The third-order valence-electron chi connectivity index (χ3n) is 2.41. The smallest absolute Gasteiger partial charge is 0.142 e. The van der Waals surface area contributed by atoms with Gasteiger partial charge in [0.1, 0.15) is 11.9 Å². The van der Waals surface area contributed by atoms with Crippen LogP contribution in [0.1, 0.15) is 21.4 Å². The van der Waals surface area contributed by atoms with Gasteiger partial charge in [0, 0.05) is 14.2 Å². The van der Waals surface area contributed by atoms with Crippen molar-refractivity contribution in [2.45, 2.75) is 13.0 Å². The van der Waals surface area contributed by atoms with E-state index in [4.69, 9.17) is 11.6 Å². The molecule has 0 aliphatic heterocycles. The first kappa shape index (κ1) is 13.0. The first-order valence-electron chi connectivity index (χ1n) is 4.88. The molecule has 1 N–H and O–H groups in total. The zero-order valence-corrected chi connectivity index (χ0v) is 12.0. The Morgan fingerprint density at radius 2 is 2.12 bits per heavy atom. The molecule has 0 fully saturated rings. The molecule has 1 unspecified atom stereocenters. The Kier molecular flexibility index (Phi) is 3.88. The molecule has 1 aromatic heterocycles. The fourth-order valence-electron chi connectivity index (χ4n) is 1.46. The minimum atomic E-state index is -0.822. The second-order valence-corrected chi connectivity index (χ2v) is 6.18. The highest BCUT2D eigenvalue weighted by molar-refractivity contribution is 9.10. The van der Waals surface area contributed by atoms with Crippen molar-refractivity contribution in [1.82, 2.24) is 0 Å². The van der Waals surface area contributed by atoms with Crippen LogP contribution in [-0.2, 0) is 0 Å². The number of hydrogen-bond acceptors (Lipinski definition) is 2. The van der Waals surface area contributed by atoms with Gasteiger partial charge in [0.2, 0.25) is 0 Å². The van der Waals surface area contributed by atoms with E-state index in [0.717, 1.165) is 14.2 Å². The van der Waals surface area contributed by atoms with Crippen molar-refractivity contribution < 1.29 is 9.50 Å². The summed E-state index contributed by atoms with van der Waals surface area (Å²) in [5.74, 6) is -0.518. The second-order valence-electron chi connectivity index (χ2n) is 3.63. The number of thiophene rings is 1. The number of aliphatic hydroxyl groups is 1. The Hall–Kier alpha value is -0.420. The summed E-state index contributed by atoms with van der Waals surface area (Å²) in [6.07, 6.45) is -0.822. The highest BCUT2D eigenvalue weighted by Crippen LogP contribution is 2.34. The fourth-order valence-corrected chi connectivity index (χ4v) is 3.16. The van der Waals surface area contributed by atoms with E-state index in [0.29, 0.717) is 5.56 Å². The minimum absolute atomic E-state index is 0.0597. The third kappa shape index (κ3) is 2.71. The lowest BCUT2D eigenvalue weighted by molar-refractivity contribution is 0.223. The average Bonchev–Trinajstić information content (AvgIpc) is 2.62. The number of aliphatic hydroxyl groups excluding tert-OH is 1. The number of benzene rings is 1. The summed E-state index contributed by atoms with van der Waals surface area (Å²) in [6, 6.07) is 6.18. The highest BCUT2D eigenvalue weighted by atomic mass is 79.9. The standard InChI is InChI=1S/C12H9BrClFOS/c1-6-8(13)5-11(17-6)12(16)7-2-3-9(14)10(15)4-7/h2-5,12,16H,1H3. The number of rotatable bonds is 2. The number of hydrogen-bond donors (Lipinski definition) is 1. The molecule has 1 heterocycles. The van der Waals surface area contributed by atoms with Crippen LogP contribution in [-0.4, -0.2) is 5.11 Å². The van der Waals surface area contributed by atoms with Crippen molar-refractivity contribution in [3.05, 3.63) is 54.9 Å². The molecule has 1 nitrogen and oxygen atoms in total. The van der Waals surface area contributed by atoms with Crippen LogP contribution >= 0.6 is 38.9 Å². The lowest BCUT2D eigenvalue weighted by Gasteiger charge is -2.09. The first-order valence-corrected chi connectivity index (χ1v) is 6.86. The first-order chi connectivity index (χ1) is 7.99. The SMILES string of the molecule is Cc1sc(C(O)c2ccc(Cl)c(F)c2)cc1Br. The zero-order chi connectivity index (χ0) is 12.6. The molecule has 0 aliphatic rings. The van der Waals surface area contributed by atoms with Crippen molar-refractivity contribution in [2.24, 2.45) is 0 Å². The van der Waals surface area contributed by atoms with Gasteiger partial charge in [-0.05, 0) is 46.6 Å². The van der Waals surface area contributed by atoms with Crippen LogP contribution in [0.3, 0.4) is 0 Å². The predicted octanol–water partition coefficient (Wildman–Crippen LogP) is 4.69. The van der Waals surface area contributed by atoms with Gasteiger partial charge in [0.15, 0.2) is 0 Å². The average molecular weight is 336 g/mol. The van der Waals surface area contributed by atoms with Gasteiger partial charge < -0.3 is 5.11 Å². The summed E-state index contributed by atoms with van der Waals surface area (Å²) >= 11 is 10.5. The minimum Gasteiger partial charge on any atom is -0.383 e. The fraction of sp³-hybridized carbons (Fsp3) is 0.167.